The summed E-state index contributed by atoms with van der Waals surface area (Å²) < 4.78 is 6.92. The maximum absolute atomic E-state index is 5.65. The van der Waals surface area contributed by atoms with E-state index < -0.39 is 0 Å². The van der Waals surface area contributed by atoms with Gasteiger partial charge in [-0.2, -0.15) is 0 Å². The molecule has 3 rings (SSSR count). The first-order valence-electron chi connectivity index (χ1n) is 6.96. The minimum Gasteiger partial charge on any atom is -0.379 e. The van der Waals surface area contributed by atoms with Crippen LogP contribution in [0, 0.1) is 6.92 Å². The van der Waals surface area contributed by atoms with Crippen molar-refractivity contribution < 1.29 is 4.74 Å². The summed E-state index contributed by atoms with van der Waals surface area (Å²) in [7, 11) is 0. The van der Waals surface area contributed by atoms with Crippen molar-refractivity contribution in [2.75, 3.05) is 19.8 Å². The van der Waals surface area contributed by atoms with Gasteiger partial charge in [-0.15, -0.1) is 11.3 Å². The van der Waals surface area contributed by atoms with Gasteiger partial charge in [0.25, 0.3) is 0 Å². The van der Waals surface area contributed by atoms with Crippen molar-refractivity contribution in [1.82, 2.24) is 10.3 Å². The molecule has 0 radical (unpaired) electrons. The third-order valence-electron chi connectivity index (χ3n) is 3.61. The monoisotopic (exact) mass is 276 g/mol. The minimum absolute atomic E-state index is 0.407. The van der Waals surface area contributed by atoms with Gasteiger partial charge >= 0.3 is 0 Å². The van der Waals surface area contributed by atoms with Crippen molar-refractivity contribution in [2.45, 2.75) is 32.2 Å². The number of ether oxygens (including phenoxy) is 1. The van der Waals surface area contributed by atoms with Crippen molar-refractivity contribution in [3.63, 3.8) is 0 Å². The Kier molecular flexibility index (Phi) is 3.82. The van der Waals surface area contributed by atoms with Gasteiger partial charge in [0.15, 0.2) is 0 Å². The number of fused-ring (bicyclic) bond motifs is 1. The van der Waals surface area contributed by atoms with E-state index in [0.717, 1.165) is 31.7 Å². The third-order valence-corrected chi connectivity index (χ3v) is 4.78. The molecule has 4 heteroatoms. The van der Waals surface area contributed by atoms with Gasteiger partial charge in [-0.1, -0.05) is 13.0 Å². The SMILES string of the molecule is CCCNC1COCC1c1nc2cc(C)ccc2s1. The Morgan fingerprint density at radius 3 is 3.16 bits per heavy atom. The molecule has 1 aliphatic heterocycles. The molecule has 1 saturated heterocycles. The van der Waals surface area contributed by atoms with Gasteiger partial charge in [-0.25, -0.2) is 4.98 Å². The summed E-state index contributed by atoms with van der Waals surface area (Å²) in [6.45, 7) is 6.95. The summed E-state index contributed by atoms with van der Waals surface area (Å²) in [6.07, 6.45) is 1.16. The zero-order valence-electron chi connectivity index (χ0n) is 11.5. The molecule has 2 unspecified atom stereocenters. The maximum Gasteiger partial charge on any atom is 0.101 e. The average Bonchev–Trinajstić information content (AvgIpc) is 3.01. The first kappa shape index (κ1) is 13.0. The molecule has 2 atom stereocenters. The number of hydrogen-bond acceptors (Lipinski definition) is 4. The fourth-order valence-corrected chi connectivity index (χ4v) is 3.64. The van der Waals surface area contributed by atoms with Gasteiger partial charge in [0, 0.05) is 6.04 Å². The van der Waals surface area contributed by atoms with Gasteiger partial charge in [0.1, 0.15) is 5.01 Å². The number of rotatable bonds is 4. The molecular weight excluding hydrogens is 256 g/mol. The number of nitrogens with zero attached hydrogens (tertiary/aromatic N) is 1. The fraction of sp³-hybridized carbons (Fsp3) is 0.533. The van der Waals surface area contributed by atoms with E-state index in [1.54, 1.807) is 0 Å². The van der Waals surface area contributed by atoms with Crippen LogP contribution in [0.1, 0.15) is 29.8 Å². The Hall–Kier alpha value is -0.970. The molecule has 0 saturated carbocycles. The molecular formula is C15H20N2OS. The lowest BCUT2D eigenvalue weighted by molar-refractivity contribution is 0.187. The standard InChI is InChI=1S/C15H20N2OS/c1-3-6-16-13-9-18-8-11(13)15-17-12-7-10(2)4-5-14(12)19-15/h4-5,7,11,13,16H,3,6,8-9H2,1-2H3. The van der Waals surface area contributed by atoms with E-state index in [1.807, 2.05) is 11.3 Å². The van der Waals surface area contributed by atoms with E-state index in [0.29, 0.717) is 12.0 Å². The van der Waals surface area contributed by atoms with Crippen LogP contribution in [-0.4, -0.2) is 30.8 Å². The highest BCUT2D eigenvalue weighted by atomic mass is 32.1. The zero-order valence-corrected chi connectivity index (χ0v) is 12.3. The molecule has 0 spiro atoms. The summed E-state index contributed by atoms with van der Waals surface area (Å²) in [5.41, 5.74) is 2.40. The van der Waals surface area contributed by atoms with E-state index in [9.17, 15) is 0 Å². The Morgan fingerprint density at radius 2 is 2.32 bits per heavy atom. The molecule has 102 valence electrons. The molecule has 1 aromatic heterocycles. The summed E-state index contributed by atoms with van der Waals surface area (Å²) >= 11 is 1.81. The van der Waals surface area contributed by atoms with Gasteiger partial charge < -0.3 is 10.1 Å². The molecule has 0 amide bonds. The van der Waals surface area contributed by atoms with E-state index in [-0.39, 0.29) is 0 Å². The molecule has 0 aliphatic carbocycles. The number of aryl methyl sites for hydroxylation is 1. The number of benzene rings is 1. The van der Waals surface area contributed by atoms with Crippen molar-refractivity contribution in [3.8, 4) is 0 Å². The van der Waals surface area contributed by atoms with E-state index in [2.05, 4.69) is 37.4 Å². The third kappa shape index (κ3) is 2.66. The topological polar surface area (TPSA) is 34.1 Å². The molecule has 0 bridgehead atoms. The molecule has 2 aromatic rings. The summed E-state index contributed by atoms with van der Waals surface area (Å²) in [5, 5.41) is 4.79. The number of thiazole rings is 1. The second-order valence-corrected chi connectivity index (χ2v) is 6.29. The predicted molar refractivity (Wildman–Crippen MR) is 80.0 cm³/mol. The van der Waals surface area contributed by atoms with Crippen LogP contribution in [0.15, 0.2) is 18.2 Å². The van der Waals surface area contributed by atoms with E-state index in [4.69, 9.17) is 9.72 Å². The van der Waals surface area contributed by atoms with Crippen molar-refractivity contribution in [1.29, 1.82) is 0 Å². The molecule has 1 N–H and O–H groups in total. The van der Waals surface area contributed by atoms with E-state index in [1.165, 1.54) is 15.3 Å². The quantitative estimate of drug-likeness (QED) is 0.932. The molecule has 2 heterocycles. The fourth-order valence-electron chi connectivity index (χ4n) is 2.54. The van der Waals surface area contributed by atoms with Gasteiger partial charge in [-0.05, 0) is 37.6 Å². The second-order valence-electron chi connectivity index (χ2n) is 5.23. The first-order chi connectivity index (χ1) is 9.28. The highest BCUT2D eigenvalue weighted by molar-refractivity contribution is 7.18. The Bertz CT molecular complexity index is 566. The summed E-state index contributed by atoms with van der Waals surface area (Å²) in [6, 6.07) is 6.92. The second kappa shape index (κ2) is 5.57. The number of hydrogen-bond donors (Lipinski definition) is 1. The van der Waals surface area contributed by atoms with Crippen molar-refractivity contribution in [3.05, 3.63) is 28.8 Å². The molecule has 3 nitrogen and oxygen atoms in total. The maximum atomic E-state index is 5.65. The average molecular weight is 276 g/mol. The van der Waals surface area contributed by atoms with E-state index >= 15 is 0 Å². The Morgan fingerprint density at radius 1 is 1.42 bits per heavy atom. The lowest BCUT2D eigenvalue weighted by atomic mass is 10.0. The van der Waals surface area contributed by atoms with Crippen LogP contribution >= 0.6 is 11.3 Å². The number of aromatic nitrogens is 1. The van der Waals surface area contributed by atoms with Crippen LogP contribution in [0.4, 0.5) is 0 Å². The van der Waals surface area contributed by atoms with Gasteiger partial charge in [0.05, 0.1) is 29.3 Å². The van der Waals surface area contributed by atoms with Gasteiger partial charge in [-0.3, -0.25) is 0 Å². The zero-order chi connectivity index (χ0) is 13.2. The normalized spacial score (nSPS) is 23.3. The van der Waals surface area contributed by atoms with Crippen molar-refractivity contribution in [2.24, 2.45) is 0 Å². The highest BCUT2D eigenvalue weighted by Gasteiger charge is 2.31. The van der Waals surface area contributed by atoms with Crippen LogP contribution in [0.5, 0.6) is 0 Å². The lowest BCUT2D eigenvalue weighted by Crippen LogP contribution is -2.34. The minimum atomic E-state index is 0.407. The Balaban J connectivity index is 1.86. The van der Waals surface area contributed by atoms with Crippen LogP contribution < -0.4 is 5.32 Å². The van der Waals surface area contributed by atoms with Crippen LogP contribution in [0.25, 0.3) is 10.2 Å². The van der Waals surface area contributed by atoms with Crippen molar-refractivity contribution >= 4 is 21.6 Å². The Labute approximate surface area is 118 Å². The molecule has 1 fully saturated rings. The smallest absolute Gasteiger partial charge is 0.101 e. The largest absolute Gasteiger partial charge is 0.379 e. The number of nitrogens with one attached hydrogen (secondary N) is 1. The molecule has 19 heavy (non-hydrogen) atoms. The van der Waals surface area contributed by atoms with Crippen LogP contribution in [-0.2, 0) is 4.74 Å². The van der Waals surface area contributed by atoms with Crippen LogP contribution in [0.3, 0.4) is 0 Å². The highest BCUT2D eigenvalue weighted by Crippen LogP contribution is 2.32. The molecule has 1 aromatic carbocycles. The molecule has 1 aliphatic rings. The summed E-state index contributed by atoms with van der Waals surface area (Å²) in [5.74, 6) is 0.407. The van der Waals surface area contributed by atoms with Crippen LogP contribution in [0.2, 0.25) is 0 Å². The predicted octanol–water partition coefficient (Wildman–Crippen LogP) is 3.09. The summed E-state index contributed by atoms with van der Waals surface area (Å²) in [4.78, 5) is 4.81. The lowest BCUT2D eigenvalue weighted by Gasteiger charge is -2.16. The van der Waals surface area contributed by atoms with Gasteiger partial charge in [0.2, 0.25) is 0 Å². The first-order valence-corrected chi connectivity index (χ1v) is 7.78.